The number of hydrogen-bond donors (Lipinski definition) is 0. The minimum Gasteiger partial charge on any atom is -0.549 e. The molecule has 2 aliphatic heterocycles. The summed E-state index contributed by atoms with van der Waals surface area (Å²) in [5, 5.41) is 0. The van der Waals surface area contributed by atoms with Crippen LogP contribution >= 0.6 is 0 Å². The van der Waals surface area contributed by atoms with Crippen LogP contribution in [0.2, 0.25) is 0 Å². The summed E-state index contributed by atoms with van der Waals surface area (Å²) in [5.41, 5.74) is 1.16. The number of para-hydroxylation sites is 1. The molecule has 0 bridgehead atoms. The number of oxazole rings is 1. The van der Waals surface area contributed by atoms with E-state index < -0.39 is 12.1 Å². The number of aromatic nitrogens is 1. The molecule has 2 aliphatic rings. The fourth-order valence-corrected chi connectivity index (χ4v) is 3.49. The van der Waals surface area contributed by atoms with Gasteiger partial charge in [-0.2, -0.15) is 37.8 Å². The van der Waals surface area contributed by atoms with Gasteiger partial charge in [0.25, 0.3) is 5.89 Å². The van der Waals surface area contributed by atoms with E-state index >= 15 is 0 Å². The van der Waals surface area contributed by atoms with Crippen LogP contribution < -0.4 is 4.74 Å². The van der Waals surface area contributed by atoms with Crippen molar-refractivity contribution in [2.24, 2.45) is 0 Å². The molecule has 1 radical (unpaired) electrons. The number of benzene rings is 2. The molecule has 1 saturated heterocycles. The largest absolute Gasteiger partial charge is 2.00 e. The van der Waals surface area contributed by atoms with Gasteiger partial charge >= 0.3 is 23.2 Å². The van der Waals surface area contributed by atoms with Gasteiger partial charge < -0.3 is 13.9 Å². The number of morpholine rings is 1. The van der Waals surface area contributed by atoms with E-state index in [1.807, 2.05) is 0 Å². The minimum atomic E-state index is -4.53. The van der Waals surface area contributed by atoms with Gasteiger partial charge in [-0.25, -0.2) is 4.39 Å². The molecule has 1 aromatic heterocycles. The van der Waals surface area contributed by atoms with Crippen LogP contribution in [0.1, 0.15) is 18.4 Å². The molecule has 5 rings (SSSR count). The molecule has 0 amide bonds. The maximum Gasteiger partial charge on any atom is 2.00 e. The van der Waals surface area contributed by atoms with Crippen molar-refractivity contribution in [2.75, 3.05) is 26.3 Å². The predicted octanol–water partition coefficient (Wildman–Crippen LogP) is 4.50. The molecule has 3 heterocycles. The van der Waals surface area contributed by atoms with Gasteiger partial charge in [0.2, 0.25) is 0 Å². The Balaban J connectivity index is 0.000000184. The first-order valence-electron chi connectivity index (χ1n) is 9.77. The zero-order valence-electron chi connectivity index (χ0n) is 17.0. The van der Waals surface area contributed by atoms with E-state index in [9.17, 15) is 17.6 Å². The molecule has 1 fully saturated rings. The zero-order chi connectivity index (χ0) is 22.0. The van der Waals surface area contributed by atoms with Crippen LogP contribution in [-0.4, -0.2) is 48.3 Å². The normalized spacial score (nSPS) is 20.8. The summed E-state index contributed by atoms with van der Waals surface area (Å²) in [6.07, 6.45) is -2.11. The summed E-state index contributed by atoms with van der Waals surface area (Å²) in [4.78, 5) is 5.62. The zero-order valence-corrected chi connectivity index (χ0v) is 18.2. The first-order valence-corrected chi connectivity index (χ1v) is 9.77. The van der Waals surface area contributed by atoms with Gasteiger partial charge in [0.05, 0.1) is 19.3 Å². The average Bonchev–Trinajstić information content (AvgIpc) is 3.19. The van der Waals surface area contributed by atoms with Crippen LogP contribution in [0.4, 0.5) is 17.6 Å². The Morgan fingerprint density at radius 2 is 2.06 bits per heavy atom. The van der Waals surface area contributed by atoms with Crippen molar-refractivity contribution in [1.29, 1.82) is 0 Å². The van der Waals surface area contributed by atoms with E-state index in [0.29, 0.717) is 12.4 Å². The van der Waals surface area contributed by atoms with E-state index in [0.717, 1.165) is 25.3 Å². The summed E-state index contributed by atoms with van der Waals surface area (Å²) < 4.78 is 64.9. The molecule has 0 aliphatic carbocycles. The van der Waals surface area contributed by atoms with E-state index in [1.54, 1.807) is 12.1 Å². The van der Waals surface area contributed by atoms with Gasteiger partial charge in [-0.1, -0.05) is 6.07 Å². The second-order valence-electron chi connectivity index (χ2n) is 7.30. The molecule has 3 aromatic rings. The standard InChI is InChI=1S/C14H17FNO2.C8H3F3NO.Mn/c1-10-8-16(4-5-17-10)13-6-11-2-3-12(15)7-14(11)18-9-13;9-8(10,11)7-12-5-3-1-2-4-6(5)13-7;/h2-3,6-7,10,13H,4-5,8-9H2,1H3;1-3H;/q2*-1;+2. The van der Waals surface area contributed by atoms with Crippen LogP contribution in [0.3, 0.4) is 0 Å². The molecule has 32 heavy (non-hydrogen) atoms. The second-order valence-corrected chi connectivity index (χ2v) is 7.30. The number of ether oxygens (including phenoxy) is 2. The monoisotopic (exact) mass is 491 g/mol. The fraction of sp³-hybridized carbons (Fsp3) is 0.364. The van der Waals surface area contributed by atoms with Crippen LogP contribution in [0.15, 0.2) is 40.8 Å². The summed E-state index contributed by atoms with van der Waals surface area (Å²) in [6, 6.07) is 11.9. The van der Waals surface area contributed by atoms with Gasteiger partial charge in [0.1, 0.15) is 5.82 Å². The smallest absolute Gasteiger partial charge is 0.549 e. The molecule has 2 unspecified atom stereocenters. The molecule has 2 aromatic carbocycles. The van der Waals surface area contributed by atoms with E-state index in [4.69, 9.17) is 9.47 Å². The number of alkyl halides is 3. The van der Waals surface area contributed by atoms with Crippen molar-refractivity contribution in [2.45, 2.75) is 25.2 Å². The molecule has 10 heteroatoms. The second kappa shape index (κ2) is 10.1. The summed E-state index contributed by atoms with van der Waals surface area (Å²) in [6.45, 7) is 5.27. The van der Waals surface area contributed by atoms with Crippen LogP contribution in [0.25, 0.3) is 11.1 Å². The molecule has 171 valence electrons. The van der Waals surface area contributed by atoms with Crippen molar-refractivity contribution >= 4 is 11.1 Å². The quantitative estimate of drug-likeness (QED) is 0.285. The molecule has 0 spiro atoms. The summed E-state index contributed by atoms with van der Waals surface area (Å²) in [5.74, 6) is -0.835. The van der Waals surface area contributed by atoms with Crippen molar-refractivity contribution in [3.8, 4) is 5.75 Å². The molecule has 0 N–H and O–H groups in total. The Hall–Kier alpha value is -2.26. The Labute approximate surface area is 193 Å². The Kier molecular flexibility index (Phi) is 7.71. The molecule has 5 nitrogen and oxygen atoms in total. The van der Waals surface area contributed by atoms with Gasteiger partial charge in [0.15, 0.2) is 0 Å². The third-order valence-electron chi connectivity index (χ3n) is 4.96. The van der Waals surface area contributed by atoms with Crippen molar-refractivity contribution in [3.05, 3.63) is 66.2 Å². The predicted molar refractivity (Wildman–Crippen MR) is 104 cm³/mol. The van der Waals surface area contributed by atoms with E-state index in [1.165, 1.54) is 24.3 Å². The number of nitrogens with zero attached hydrogens (tertiary/aromatic N) is 2. The van der Waals surface area contributed by atoms with Gasteiger partial charge in [0, 0.05) is 30.5 Å². The Morgan fingerprint density at radius 3 is 2.78 bits per heavy atom. The van der Waals surface area contributed by atoms with Crippen LogP contribution in [-0.2, 0) is 28.0 Å². The topological polar surface area (TPSA) is 47.7 Å². The first kappa shape index (κ1) is 24.4. The number of halogens is 4. The maximum absolute atomic E-state index is 13.1. The van der Waals surface area contributed by atoms with E-state index in [2.05, 4.69) is 33.7 Å². The summed E-state index contributed by atoms with van der Waals surface area (Å²) in [7, 11) is 0. The molecular formula is C22H20F4MnN2O3. The molecule has 2 atom stereocenters. The Morgan fingerprint density at radius 1 is 1.25 bits per heavy atom. The van der Waals surface area contributed by atoms with Gasteiger partial charge in [-0.05, 0) is 18.5 Å². The molecule has 0 saturated carbocycles. The third-order valence-corrected chi connectivity index (χ3v) is 4.96. The van der Waals surface area contributed by atoms with Gasteiger partial charge in [-0.15, -0.1) is 17.7 Å². The van der Waals surface area contributed by atoms with Crippen LogP contribution in [0.5, 0.6) is 5.75 Å². The third kappa shape index (κ3) is 5.75. The maximum atomic E-state index is 13.1. The van der Waals surface area contributed by atoms with Gasteiger partial charge in [-0.3, -0.25) is 9.88 Å². The van der Waals surface area contributed by atoms with Crippen molar-refractivity contribution < 1.29 is 48.5 Å². The van der Waals surface area contributed by atoms with E-state index in [-0.39, 0.29) is 46.1 Å². The minimum absolute atomic E-state index is 0. The number of fused-ring (bicyclic) bond motifs is 2. The summed E-state index contributed by atoms with van der Waals surface area (Å²) >= 11 is 0. The van der Waals surface area contributed by atoms with Crippen molar-refractivity contribution in [1.82, 2.24) is 9.88 Å². The average molecular weight is 491 g/mol. The molecular weight excluding hydrogens is 471 g/mol. The number of rotatable bonds is 1. The Bertz CT molecular complexity index is 1010. The van der Waals surface area contributed by atoms with Crippen LogP contribution in [0, 0.1) is 18.3 Å². The fourth-order valence-electron chi connectivity index (χ4n) is 3.49. The number of hydrogen-bond acceptors (Lipinski definition) is 5. The van der Waals surface area contributed by atoms with Crippen molar-refractivity contribution in [3.63, 3.8) is 0 Å². The first-order chi connectivity index (χ1) is 14.8. The SMILES string of the molecule is CC1CN(C2[CH-]c3ccc(F)cc3OC2)CCO1.FC(F)(F)c1nc2ccc[c-]c2o1.[Mn+2].